The monoisotopic (exact) mass is 194 g/mol. The fraction of sp³-hybridized carbons (Fsp3) is 0.917. The average molecular weight is 194 g/mol. The molecule has 0 spiro atoms. The van der Waals surface area contributed by atoms with Crippen LogP contribution in [0, 0.1) is 17.2 Å². The zero-order chi connectivity index (χ0) is 10.2. The van der Waals surface area contributed by atoms with Gasteiger partial charge in [-0.05, 0) is 31.7 Å². The van der Waals surface area contributed by atoms with E-state index in [4.69, 9.17) is 5.26 Å². The van der Waals surface area contributed by atoms with Crippen LogP contribution in [-0.4, -0.2) is 12.6 Å². The van der Waals surface area contributed by atoms with E-state index in [9.17, 15) is 0 Å². The Labute approximate surface area is 87.7 Å². The Kier molecular flexibility index (Phi) is 5.63. The molecule has 1 rings (SSSR count). The maximum Gasteiger partial charge on any atom is 0.0622 e. The summed E-state index contributed by atoms with van der Waals surface area (Å²) in [7, 11) is 0. The van der Waals surface area contributed by atoms with E-state index >= 15 is 0 Å². The van der Waals surface area contributed by atoms with Crippen LogP contribution < -0.4 is 5.32 Å². The van der Waals surface area contributed by atoms with Gasteiger partial charge in [0.15, 0.2) is 0 Å². The molecule has 0 heterocycles. The lowest BCUT2D eigenvalue weighted by molar-refractivity contribution is 0.357. The van der Waals surface area contributed by atoms with E-state index in [1.165, 1.54) is 32.1 Å². The van der Waals surface area contributed by atoms with Gasteiger partial charge in [-0.3, -0.25) is 0 Å². The summed E-state index contributed by atoms with van der Waals surface area (Å²) >= 11 is 0. The Morgan fingerprint density at radius 1 is 1.29 bits per heavy atom. The fourth-order valence-corrected chi connectivity index (χ4v) is 2.25. The molecule has 0 aromatic rings. The summed E-state index contributed by atoms with van der Waals surface area (Å²) in [5.74, 6) is 0.819. The van der Waals surface area contributed by atoms with E-state index in [1.54, 1.807) is 0 Å². The number of nitrogens with one attached hydrogen (secondary N) is 1. The highest BCUT2D eigenvalue weighted by Gasteiger charge is 2.18. The zero-order valence-electron chi connectivity index (χ0n) is 9.26. The zero-order valence-corrected chi connectivity index (χ0v) is 9.26. The molecule has 0 aliphatic heterocycles. The molecule has 1 aliphatic carbocycles. The number of hydrogen-bond donors (Lipinski definition) is 1. The third-order valence-electron chi connectivity index (χ3n) is 3.23. The van der Waals surface area contributed by atoms with Crippen molar-refractivity contribution in [2.45, 2.75) is 57.9 Å². The predicted molar refractivity (Wildman–Crippen MR) is 58.9 cm³/mol. The highest BCUT2D eigenvalue weighted by Crippen LogP contribution is 2.22. The molecule has 0 radical (unpaired) electrons. The summed E-state index contributed by atoms with van der Waals surface area (Å²) in [4.78, 5) is 0. The van der Waals surface area contributed by atoms with Gasteiger partial charge in [-0.1, -0.05) is 26.2 Å². The van der Waals surface area contributed by atoms with Gasteiger partial charge in [-0.2, -0.15) is 5.26 Å². The normalized spacial score (nSPS) is 28.0. The van der Waals surface area contributed by atoms with Crippen LogP contribution in [0.2, 0.25) is 0 Å². The van der Waals surface area contributed by atoms with Gasteiger partial charge in [0.1, 0.15) is 0 Å². The van der Waals surface area contributed by atoms with Gasteiger partial charge in [0.25, 0.3) is 0 Å². The highest BCUT2D eigenvalue weighted by molar-refractivity contribution is 4.77. The van der Waals surface area contributed by atoms with Crippen LogP contribution >= 0.6 is 0 Å². The first-order valence-corrected chi connectivity index (χ1v) is 5.95. The van der Waals surface area contributed by atoms with Crippen molar-refractivity contribution in [3.05, 3.63) is 0 Å². The van der Waals surface area contributed by atoms with E-state index in [0.717, 1.165) is 18.9 Å². The second-order valence-corrected chi connectivity index (χ2v) is 4.44. The van der Waals surface area contributed by atoms with Crippen LogP contribution in [0.5, 0.6) is 0 Å². The molecule has 80 valence electrons. The fourth-order valence-electron chi connectivity index (χ4n) is 2.25. The average Bonchev–Trinajstić information content (AvgIpc) is 2.39. The summed E-state index contributed by atoms with van der Waals surface area (Å²) in [6.07, 6.45) is 8.57. The Hall–Kier alpha value is -0.550. The van der Waals surface area contributed by atoms with Gasteiger partial charge in [0.2, 0.25) is 0 Å². The van der Waals surface area contributed by atoms with Gasteiger partial charge in [0, 0.05) is 12.5 Å². The summed E-state index contributed by atoms with van der Waals surface area (Å²) in [6.45, 7) is 3.37. The highest BCUT2D eigenvalue weighted by atomic mass is 14.9. The predicted octanol–water partition coefficient (Wildman–Crippen LogP) is 2.85. The van der Waals surface area contributed by atoms with Crippen molar-refractivity contribution in [3.8, 4) is 6.07 Å². The topological polar surface area (TPSA) is 35.8 Å². The third kappa shape index (κ3) is 4.11. The molecule has 1 fully saturated rings. The lowest BCUT2D eigenvalue weighted by Crippen LogP contribution is -2.34. The van der Waals surface area contributed by atoms with Crippen LogP contribution in [0.3, 0.4) is 0 Å². The van der Waals surface area contributed by atoms with Gasteiger partial charge in [0.05, 0.1) is 6.07 Å². The number of nitrogens with zero attached hydrogens (tertiary/aromatic N) is 1. The molecule has 0 saturated heterocycles. The quantitative estimate of drug-likeness (QED) is 0.552. The maximum atomic E-state index is 8.42. The number of unbranched alkanes of at least 4 members (excludes halogenated alkanes) is 1. The third-order valence-corrected chi connectivity index (χ3v) is 3.23. The molecule has 14 heavy (non-hydrogen) atoms. The molecule has 1 saturated carbocycles. The number of rotatable bonds is 4. The molecular weight excluding hydrogens is 172 g/mol. The summed E-state index contributed by atoms with van der Waals surface area (Å²) in [5, 5.41) is 12.0. The standard InChI is InChI=1S/C12H22N2/c1-11-7-3-2-4-8-12(11)14-10-6-5-9-13/h11-12,14H,2-8,10H2,1H3. The molecule has 2 unspecified atom stereocenters. The Bertz CT molecular complexity index is 183. The number of nitriles is 1. The van der Waals surface area contributed by atoms with Crippen molar-refractivity contribution in [1.29, 1.82) is 5.26 Å². The van der Waals surface area contributed by atoms with E-state index in [1.807, 2.05) is 0 Å². The van der Waals surface area contributed by atoms with Crippen LogP contribution in [0.15, 0.2) is 0 Å². The molecule has 1 N–H and O–H groups in total. The Morgan fingerprint density at radius 3 is 2.86 bits per heavy atom. The van der Waals surface area contributed by atoms with Gasteiger partial charge in [-0.15, -0.1) is 0 Å². The maximum absolute atomic E-state index is 8.42. The van der Waals surface area contributed by atoms with Crippen molar-refractivity contribution in [1.82, 2.24) is 5.32 Å². The minimum atomic E-state index is 0.689. The van der Waals surface area contributed by atoms with Crippen LogP contribution in [-0.2, 0) is 0 Å². The van der Waals surface area contributed by atoms with E-state index in [2.05, 4.69) is 18.3 Å². The largest absolute Gasteiger partial charge is 0.314 e. The lowest BCUT2D eigenvalue weighted by atomic mass is 9.97. The van der Waals surface area contributed by atoms with Crippen molar-refractivity contribution in [3.63, 3.8) is 0 Å². The summed E-state index contributed by atoms with van der Waals surface area (Å²) < 4.78 is 0. The Balaban J connectivity index is 2.17. The Morgan fingerprint density at radius 2 is 2.07 bits per heavy atom. The first kappa shape index (κ1) is 11.5. The minimum Gasteiger partial charge on any atom is -0.314 e. The molecule has 0 aromatic heterocycles. The molecule has 0 aromatic carbocycles. The molecular formula is C12H22N2. The van der Waals surface area contributed by atoms with Crippen LogP contribution in [0.25, 0.3) is 0 Å². The molecule has 0 bridgehead atoms. The van der Waals surface area contributed by atoms with Crippen LogP contribution in [0.1, 0.15) is 51.9 Å². The second kappa shape index (κ2) is 6.84. The second-order valence-electron chi connectivity index (χ2n) is 4.44. The van der Waals surface area contributed by atoms with Crippen molar-refractivity contribution < 1.29 is 0 Å². The lowest BCUT2D eigenvalue weighted by Gasteiger charge is -2.22. The van der Waals surface area contributed by atoms with Crippen molar-refractivity contribution in [2.75, 3.05) is 6.54 Å². The van der Waals surface area contributed by atoms with Crippen molar-refractivity contribution >= 4 is 0 Å². The molecule has 0 amide bonds. The van der Waals surface area contributed by atoms with E-state index in [0.29, 0.717) is 12.5 Å². The minimum absolute atomic E-state index is 0.689. The smallest absolute Gasteiger partial charge is 0.0622 e. The van der Waals surface area contributed by atoms with Crippen molar-refractivity contribution in [2.24, 2.45) is 5.92 Å². The van der Waals surface area contributed by atoms with E-state index < -0.39 is 0 Å². The number of hydrogen-bond acceptors (Lipinski definition) is 2. The molecule has 2 atom stereocenters. The van der Waals surface area contributed by atoms with E-state index in [-0.39, 0.29) is 0 Å². The molecule has 2 heteroatoms. The molecule has 2 nitrogen and oxygen atoms in total. The SMILES string of the molecule is CC1CCCCCC1NCCCC#N. The van der Waals surface area contributed by atoms with Gasteiger partial charge in [-0.25, -0.2) is 0 Å². The summed E-state index contributed by atoms with van der Waals surface area (Å²) in [6, 6.07) is 2.89. The molecule has 1 aliphatic rings. The first-order valence-electron chi connectivity index (χ1n) is 5.95. The first-order chi connectivity index (χ1) is 6.84. The summed E-state index contributed by atoms with van der Waals surface area (Å²) in [5.41, 5.74) is 0. The van der Waals surface area contributed by atoms with Gasteiger partial charge >= 0.3 is 0 Å². The van der Waals surface area contributed by atoms with Gasteiger partial charge < -0.3 is 5.32 Å². The van der Waals surface area contributed by atoms with Crippen LogP contribution in [0.4, 0.5) is 0 Å².